The van der Waals surface area contributed by atoms with E-state index >= 15 is 0 Å². The zero-order valence-electron chi connectivity index (χ0n) is 6.35. The number of hydrogen-bond donors (Lipinski definition) is 0. The van der Waals surface area contributed by atoms with Gasteiger partial charge in [0.2, 0.25) is 5.13 Å². The third-order valence-corrected chi connectivity index (χ3v) is 2.84. The monoisotopic (exact) mass is 305 g/mol. The SMILES string of the molecule is O=Cc1cnc(-n2cc(I)cn2)s1. The molecular formula is C7H4IN3OS. The van der Waals surface area contributed by atoms with Crippen molar-refractivity contribution in [3.8, 4) is 5.13 Å². The van der Waals surface area contributed by atoms with Crippen LogP contribution in [0, 0.1) is 3.57 Å². The molecule has 2 heterocycles. The van der Waals surface area contributed by atoms with Crippen LogP contribution in [-0.4, -0.2) is 21.1 Å². The molecule has 0 aromatic carbocycles. The van der Waals surface area contributed by atoms with E-state index in [-0.39, 0.29) is 0 Å². The minimum Gasteiger partial charge on any atom is -0.297 e. The van der Waals surface area contributed by atoms with Crippen LogP contribution in [0.25, 0.3) is 5.13 Å². The van der Waals surface area contributed by atoms with Crippen LogP contribution in [0.4, 0.5) is 0 Å². The second-order valence-corrected chi connectivity index (χ2v) is 4.55. The molecule has 2 rings (SSSR count). The zero-order chi connectivity index (χ0) is 9.26. The average Bonchev–Trinajstić information content (AvgIpc) is 2.71. The van der Waals surface area contributed by atoms with E-state index in [9.17, 15) is 4.79 Å². The third-order valence-electron chi connectivity index (χ3n) is 1.37. The standard InChI is InChI=1S/C7H4IN3OS/c8-5-1-10-11(3-5)7-9-2-6(4-12)13-7/h1-4H. The number of hydrogen-bond acceptors (Lipinski definition) is 4. The zero-order valence-corrected chi connectivity index (χ0v) is 9.32. The molecule has 0 fully saturated rings. The van der Waals surface area contributed by atoms with Gasteiger partial charge >= 0.3 is 0 Å². The molecule has 4 nitrogen and oxygen atoms in total. The summed E-state index contributed by atoms with van der Waals surface area (Å²) in [5, 5.41) is 4.79. The van der Waals surface area contributed by atoms with Crippen molar-refractivity contribution in [3.05, 3.63) is 27.0 Å². The lowest BCUT2D eigenvalue weighted by Gasteiger charge is -1.90. The molecule has 6 heteroatoms. The van der Waals surface area contributed by atoms with Crippen LogP contribution in [0.1, 0.15) is 9.67 Å². The number of aldehydes is 1. The van der Waals surface area contributed by atoms with Gasteiger partial charge in [-0.15, -0.1) is 0 Å². The summed E-state index contributed by atoms with van der Waals surface area (Å²) in [6.45, 7) is 0. The Morgan fingerprint density at radius 3 is 2.92 bits per heavy atom. The highest BCUT2D eigenvalue weighted by molar-refractivity contribution is 14.1. The lowest BCUT2D eigenvalue weighted by molar-refractivity contribution is 0.112. The van der Waals surface area contributed by atoms with Crippen molar-refractivity contribution in [2.45, 2.75) is 0 Å². The van der Waals surface area contributed by atoms with Crippen molar-refractivity contribution in [2.24, 2.45) is 0 Å². The van der Waals surface area contributed by atoms with Gasteiger partial charge in [-0.25, -0.2) is 9.67 Å². The molecule has 2 aromatic heterocycles. The second-order valence-electron chi connectivity index (χ2n) is 2.27. The predicted molar refractivity (Wildman–Crippen MR) is 57.3 cm³/mol. The first-order valence-electron chi connectivity index (χ1n) is 3.41. The number of nitrogens with zero attached hydrogens (tertiary/aromatic N) is 3. The molecule has 66 valence electrons. The Balaban J connectivity index is 2.40. The number of halogens is 1. The van der Waals surface area contributed by atoms with Crippen molar-refractivity contribution in [1.29, 1.82) is 0 Å². The van der Waals surface area contributed by atoms with E-state index in [0.717, 1.165) is 9.86 Å². The van der Waals surface area contributed by atoms with Crippen molar-refractivity contribution >= 4 is 40.2 Å². The van der Waals surface area contributed by atoms with Crippen molar-refractivity contribution in [1.82, 2.24) is 14.8 Å². The van der Waals surface area contributed by atoms with Crippen LogP contribution in [0.5, 0.6) is 0 Å². The summed E-state index contributed by atoms with van der Waals surface area (Å²) in [5.41, 5.74) is 0. The molecule has 0 radical (unpaired) electrons. The van der Waals surface area contributed by atoms with Gasteiger partial charge in [0.1, 0.15) is 0 Å². The van der Waals surface area contributed by atoms with Crippen LogP contribution in [0.15, 0.2) is 18.6 Å². The lowest BCUT2D eigenvalue weighted by atomic mass is 10.6. The molecule has 0 saturated carbocycles. The molecule has 0 saturated heterocycles. The van der Waals surface area contributed by atoms with Crippen molar-refractivity contribution < 1.29 is 4.79 Å². The van der Waals surface area contributed by atoms with Crippen molar-refractivity contribution in [2.75, 3.05) is 0 Å². The first-order chi connectivity index (χ1) is 6.29. The summed E-state index contributed by atoms with van der Waals surface area (Å²) < 4.78 is 2.69. The van der Waals surface area contributed by atoms with E-state index in [1.807, 2.05) is 6.20 Å². The fourth-order valence-corrected chi connectivity index (χ4v) is 1.89. The normalized spacial score (nSPS) is 10.2. The highest BCUT2D eigenvalue weighted by Crippen LogP contribution is 2.15. The van der Waals surface area contributed by atoms with Gasteiger partial charge in [0.25, 0.3) is 0 Å². The maximum Gasteiger partial charge on any atom is 0.210 e. The van der Waals surface area contributed by atoms with Gasteiger partial charge in [0.15, 0.2) is 6.29 Å². The molecule has 2 aromatic rings. The average molecular weight is 305 g/mol. The lowest BCUT2D eigenvalue weighted by Crippen LogP contribution is -1.91. The molecule has 0 amide bonds. The van der Waals surface area contributed by atoms with E-state index in [0.29, 0.717) is 10.0 Å². The molecule has 0 aliphatic carbocycles. The van der Waals surface area contributed by atoms with E-state index in [2.05, 4.69) is 32.7 Å². The maximum absolute atomic E-state index is 10.4. The summed E-state index contributed by atoms with van der Waals surface area (Å²) in [4.78, 5) is 15.1. The Labute approximate surface area is 91.7 Å². The first kappa shape index (κ1) is 8.82. The molecule has 0 bridgehead atoms. The summed E-state index contributed by atoms with van der Waals surface area (Å²) in [5.74, 6) is 0. The van der Waals surface area contributed by atoms with E-state index in [1.54, 1.807) is 17.1 Å². The molecule has 0 aliphatic heterocycles. The molecular weight excluding hydrogens is 301 g/mol. The maximum atomic E-state index is 10.4. The Hall–Kier alpha value is -0.760. The van der Waals surface area contributed by atoms with Gasteiger partial charge < -0.3 is 0 Å². The summed E-state index contributed by atoms with van der Waals surface area (Å²) >= 11 is 3.48. The Morgan fingerprint density at radius 1 is 1.54 bits per heavy atom. The third kappa shape index (κ3) is 1.78. The van der Waals surface area contributed by atoms with Crippen LogP contribution < -0.4 is 0 Å². The topological polar surface area (TPSA) is 47.8 Å². The number of carbonyl (C=O) groups excluding carboxylic acids is 1. The van der Waals surface area contributed by atoms with Gasteiger partial charge in [0, 0.05) is 6.20 Å². The molecule has 13 heavy (non-hydrogen) atoms. The van der Waals surface area contributed by atoms with Crippen molar-refractivity contribution in [3.63, 3.8) is 0 Å². The van der Waals surface area contributed by atoms with E-state index in [1.165, 1.54) is 11.3 Å². The van der Waals surface area contributed by atoms with Crippen LogP contribution in [0.2, 0.25) is 0 Å². The first-order valence-corrected chi connectivity index (χ1v) is 5.30. The number of thiazole rings is 1. The summed E-state index contributed by atoms with van der Waals surface area (Å²) in [6, 6.07) is 0. The molecule has 0 unspecified atom stereocenters. The molecule has 0 N–H and O–H groups in total. The van der Waals surface area contributed by atoms with Gasteiger partial charge in [-0.1, -0.05) is 11.3 Å². The van der Waals surface area contributed by atoms with Gasteiger partial charge in [-0.05, 0) is 22.6 Å². The Kier molecular flexibility index (Phi) is 2.40. The summed E-state index contributed by atoms with van der Waals surface area (Å²) in [6.07, 6.45) is 5.92. The minimum atomic E-state index is 0.612. The number of carbonyl (C=O) groups is 1. The number of rotatable bonds is 2. The van der Waals surface area contributed by atoms with Gasteiger partial charge in [-0.2, -0.15) is 5.10 Å². The van der Waals surface area contributed by atoms with E-state index in [4.69, 9.17) is 0 Å². The predicted octanol–water partition coefficient (Wildman–Crippen LogP) is 1.75. The van der Waals surface area contributed by atoms with Gasteiger partial charge in [-0.3, -0.25) is 4.79 Å². The van der Waals surface area contributed by atoms with Crippen LogP contribution in [-0.2, 0) is 0 Å². The summed E-state index contributed by atoms with van der Waals surface area (Å²) in [7, 11) is 0. The minimum absolute atomic E-state index is 0.612. The van der Waals surface area contributed by atoms with Crippen LogP contribution >= 0.6 is 33.9 Å². The highest BCUT2D eigenvalue weighted by atomic mass is 127. The van der Waals surface area contributed by atoms with Gasteiger partial charge in [0.05, 0.1) is 20.8 Å². The second kappa shape index (κ2) is 3.54. The molecule has 0 spiro atoms. The fraction of sp³-hybridized carbons (Fsp3) is 0. The van der Waals surface area contributed by atoms with E-state index < -0.39 is 0 Å². The number of aromatic nitrogens is 3. The Bertz CT molecular complexity index is 436. The highest BCUT2D eigenvalue weighted by Gasteiger charge is 2.03. The quantitative estimate of drug-likeness (QED) is 0.627. The molecule has 0 aliphatic rings. The Morgan fingerprint density at radius 2 is 2.38 bits per heavy atom. The molecule has 0 atom stereocenters. The largest absolute Gasteiger partial charge is 0.297 e. The van der Waals surface area contributed by atoms with Crippen LogP contribution in [0.3, 0.4) is 0 Å². The fourth-order valence-electron chi connectivity index (χ4n) is 0.843. The smallest absolute Gasteiger partial charge is 0.210 e.